The lowest BCUT2D eigenvalue weighted by Crippen LogP contribution is -2.21. The van der Waals surface area contributed by atoms with E-state index in [-0.39, 0.29) is 6.10 Å². The van der Waals surface area contributed by atoms with Gasteiger partial charge in [0.1, 0.15) is 0 Å². The van der Waals surface area contributed by atoms with Crippen LogP contribution in [0.25, 0.3) is 0 Å². The van der Waals surface area contributed by atoms with Gasteiger partial charge in [0, 0.05) is 11.8 Å². The highest BCUT2D eigenvalue weighted by Gasteiger charge is 2.31. The molecule has 0 radical (unpaired) electrons. The molecule has 0 unspecified atom stereocenters. The summed E-state index contributed by atoms with van der Waals surface area (Å²) >= 11 is 3.15. The van der Waals surface area contributed by atoms with Crippen molar-refractivity contribution >= 4 is 15.9 Å². The Balaban J connectivity index is 2.38. The van der Waals surface area contributed by atoms with Crippen LogP contribution in [0.15, 0.2) is 0 Å². The van der Waals surface area contributed by atoms with Crippen LogP contribution in [0.2, 0.25) is 0 Å². The molecular weight excluding hydrogens is 188 g/mol. The first kappa shape index (κ1) is 7.47. The van der Waals surface area contributed by atoms with Crippen molar-refractivity contribution in [3.05, 3.63) is 0 Å². The van der Waals surface area contributed by atoms with Gasteiger partial charge >= 0.3 is 0 Å². The van der Waals surface area contributed by atoms with E-state index in [0.717, 1.165) is 0 Å². The molecule has 0 aromatic heterocycles. The van der Waals surface area contributed by atoms with Crippen molar-refractivity contribution in [1.29, 1.82) is 0 Å². The number of rotatable bonds is 1. The first-order chi connectivity index (χ1) is 4.24. The lowest BCUT2D eigenvalue weighted by atomic mass is 10.2. The van der Waals surface area contributed by atoms with Gasteiger partial charge in [0.15, 0.2) is 6.29 Å². The number of alkyl halides is 1. The average molecular weight is 197 g/mol. The van der Waals surface area contributed by atoms with E-state index in [1.54, 1.807) is 0 Å². The Morgan fingerprint density at radius 3 is 2.44 bits per heavy atom. The van der Waals surface area contributed by atoms with Crippen LogP contribution in [0.5, 0.6) is 0 Å². The number of hydrogen-bond acceptors (Lipinski definition) is 3. The van der Waals surface area contributed by atoms with Gasteiger partial charge in [-0.15, -0.1) is 0 Å². The molecule has 1 aliphatic rings. The molecule has 0 aromatic carbocycles. The minimum absolute atomic E-state index is 0.236. The van der Waals surface area contributed by atoms with E-state index in [0.29, 0.717) is 11.8 Å². The van der Waals surface area contributed by atoms with Gasteiger partial charge in [0.05, 0.1) is 12.2 Å². The molecule has 54 valence electrons. The maximum atomic E-state index is 9.04. The lowest BCUT2D eigenvalue weighted by molar-refractivity contribution is -0.0871. The molecule has 1 fully saturated rings. The van der Waals surface area contributed by atoms with Crippen molar-refractivity contribution in [1.82, 2.24) is 0 Å². The summed E-state index contributed by atoms with van der Waals surface area (Å²) in [5, 5.41) is 18.4. The van der Waals surface area contributed by atoms with E-state index < -0.39 is 12.4 Å². The molecule has 0 aliphatic carbocycles. The zero-order valence-electron chi connectivity index (χ0n) is 4.83. The first-order valence-electron chi connectivity index (χ1n) is 2.81. The molecule has 0 bridgehead atoms. The van der Waals surface area contributed by atoms with Crippen molar-refractivity contribution in [2.75, 3.05) is 5.33 Å². The Morgan fingerprint density at radius 2 is 2.22 bits per heavy atom. The van der Waals surface area contributed by atoms with Gasteiger partial charge in [0.2, 0.25) is 0 Å². The van der Waals surface area contributed by atoms with Crippen LogP contribution in [-0.4, -0.2) is 34.0 Å². The molecule has 1 saturated heterocycles. The fourth-order valence-electron chi connectivity index (χ4n) is 0.846. The van der Waals surface area contributed by atoms with E-state index in [1.165, 1.54) is 0 Å². The van der Waals surface area contributed by atoms with Crippen LogP contribution >= 0.6 is 15.9 Å². The number of hydrogen-bond donors (Lipinski definition) is 2. The Kier molecular flexibility index (Phi) is 2.46. The highest BCUT2D eigenvalue weighted by atomic mass is 79.9. The monoisotopic (exact) mass is 196 g/mol. The third kappa shape index (κ3) is 1.64. The summed E-state index contributed by atoms with van der Waals surface area (Å²) in [5.74, 6) is 0. The second-order valence-corrected chi connectivity index (χ2v) is 2.73. The summed E-state index contributed by atoms with van der Waals surface area (Å²) in [4.78, 5) is 0. The fraction of sp³-hybridized carbons (Fsp3) is 1.00. The summed E-state index contributed by atoms with van der Waals surface area (Å²) in [6, 6.07) is 0. The van der Waals surface area contributed by atoms with Gasteiger partial charge in [-0.2, -0.15) is 0 Å². The van der Waals surface area contributed by atoms with Gasteiger partial charge in [0.25, 0.3) is 0 Å². The zero-order chi connectivity index (χ0) is 6.85. The molecule has 0 amide bonds. The number of aliphatic hydroxyl groups is 2. The Bertz CT molecular complexity index is 98.2. The van der Waals surface area contributed by atoms with Gasteiger partial charge in [-0.05, 0) is 0 Å². The van der Waals surface area contributed by atoms with Crippen LogP contribution < -0.4 is 0 Å². The normalized spacial score (nSPS) is 43.7. The highest BCUT2D eigenvalue weighted by molar-refractivity contribution is 9.09. The molecule has 1 aliphatic heterocycles. The van der Waals surface area contributed by atoms with E-state index in [9.17, 15) is 0 Å². The molecule has 0 spiro atoms. The Labute approximate surface area is 61.8 Å². The maximum absolute atomic E-state index is 9.04. The van der Waals surface area contributed by atoms with Gasteiger partial charge in [-0.1, -0.05) is 15.9 Å². The number of ether oxygens (including phenoxy) is 1. The van der Waals surface area contributed by atoms with Crippen LogP contribution in [0.3, 0.4) is 0 Å². The van der Waals surface area contributed by atoms with Crippen LogP contribution in [-0.2, 0) is 4.74 Å². The fourth-order valence-corrected chi connectivity index (χ4v) is 1.43. The summed E-state index contributed by atoms with van der Waals surface area (Å²) in [6.07, 6.45) is -1.20. The molecule has 0 saturated carbocycles. The SMILES string of the molecule is O[C@H]1C[C@H](O)[C@@H](CBr)O1. The molecular formula is C5H9BrO3. The minimum Gasteiger partial charge on any atom is -0.390 e. The third-order valence-electron chi connectivity index (χ3n) is 1.36. The second-order valence-electron chi connectivity index (χ2n) is 2.09. The van der Waals surface area contributed by atoms with Crippen molar-refractivity contribution in [2.24, 2.45) is 0 Å². The second kappa shape index (κ2) is 2.96. The van der Waals surface area contributed by atoms with E-state index in [4.69, 9.17) is 14.9 Å². The summed E-state index contributed by atoms with van der Waals surface area (Å²) in [6.45, 7) is 0. The predicted octanol–water partition coefficient (Wildman–Crippen LogP) is -0.151. The van der Waals surface area contributed by atoms with E-state index >= 15 is 0 Å². The standard InChI is InChI=1S/C5H9BrO3/c6-2-4-3(7)1-5(8)9-4/h3-5,7-8H,1-2H2/t3-,4+,5+/m0/s1. The summed E-state index contributed by atoms with van der Waals surface area (Å²) < 4.78 is 4.88. The largest absolute Gasteiger partial charge is 0.390 e. The van der Waals surface area contributed by atoms with Crippen molar-refractivity contribution < 1.29 is 14.9 Å². The molecule has 3 atom stereocenters. The van der Waals surface area contributed by atoms with Crippen LogP contribution in [0.4, 0.5) is 0 Å². The number of halogens is 1. The van der Waals surface area contributed by atoms with Gasteiger partial charge in [-0.25, -0.2) is 0 Å². The average Bonchev–Trinajstić information content (AvgIpc) is 2.10. The molecule has 1 heterocycles. The molecule has 9 heavy (non-hydrogen) atoms. The highest BCUT2D eigenvalue weighted by Crippen LogP contribution is 2.19. The molecule has 3 nitrogen and oxygen atoms in total. The smallest absolute Gasteiger partial charge is 0.157 e. The topological polar surface area (TPSA) is 49.7 Å². The third-order valence-corrected chi connectivity index (χ3v) is 1.99. The summed E-state index contributed by atoms with van der Waals surface area (Å²) in [7, 11) is 0. The lowest BCUT2D eigenvalue weighted by Gasteiger charge is -2.07. The molecule has 1 rings (SSSR count). The molecule has 0 aromatic rings. The predicted molar refractivity (Wildman–Crippen MR) is 35.3 cm³/mol. The van der Waals surface area contributed by atoms with Crippen molar-refractivity contribution in [3.63, 3.8) is 0 Å². The van der Waals surface area contributed by atoms with Crippen LogP contribution in [0.1, 0.15) is 6.42 Å². The Morgan fingerprint density at radius 1 is 1.56 bits per heavy atom. The van der Waals surface area contributed by atoms with Gasteiger partial charge in [-0.3, -0.25) is 0 Å². The van der Waals surface area contributed by atoms with Crippen LogP contribution in [0, 0.1) is 0 Å². The number of aliphatic hydroxyl groups excluding tert-OH is 2. The van der Waals surface area contributed by atoms with E-state index in [2.05, 4.69) is 15.9 Å². The Hall–Kier alpha value is 0.360. The first-order valence-corrected chi connectivity index (χ1v) is 3.93. The molecule has 2 N–H and O–H groups in total. The maximum Gasteiger partial charge on any atom is 0.157 e. The van der Waals surface area contributed by atoms with E-state index in [1.807, 2.05) is 0 Å². The zero-order valence-corrected chi connectivity index (χ0v) is 6.41. The van der Waals surface area contributed by atoms with Crippen molar-refractivity contribution in [2.45, 2.75) is 24.9 Å². The van der Waals surface area contributed by atoms with Gasteiger partial charge < -0.3 is 14.9 Å². The minimum atomic E-state index is -0.775. The summed E-state index contributed by atoms with van der Waals surface area (Å²) in [5.41, 5.74) is 0. The quantitative estimate of drug-likeness (QED) is 0.574. The molecule has 4 heteroatoms. The van der Waals surface area contributed by atoms with Crippen molar-refractivity contribution in [3.8, 4) is 0 Å².